The molecule has 0 aromatic carbocycles. The van der Waals surface area contributed by atoms with Crippen molar-refractivity contribution in [1.82, 2.24) is 0 Å². The molecule has 0 N–H and O–H groups in total. The van der Waals surface area contributed by atoms with E-state index in [1.807, 2.05) is 0 Å². The van der Waals surface area contributed by atoms with E-state index in [4.69, 9.17) is 4.74 Å². The van der Waals surface area contributed by atoms with Crippen LogP contribution in [-0.2, 0) is 4.74 Å². The Kier molecular flexibility index (Phi) is 17.1. The Labute approximate surface area is 121 Å². The first-order valence-corrected chi connectivity index (χ1v) is 8.64. The van der Waals surface area contributed by atoms with Crippen molar-refractivity contribution in [2.75, 3.05) is 6.61 Å². The van der Waals surface area contributed by atoms with Crippen LogP contribution in [0.3, 0.4) is 0 Å². The summed E-state index contributed by atoms with van der Waals surface area (Å²) in [7, 11) is 0. The normalized spacial score (nSPS) is 10.6. The van der Waals surface area contributed by atoms with E-state index in [2.05, 4.69) is 13.5 Å². The summed E-state index contributed by atoms with van der Waals surface area (Å²) in [5, 5.41) is 0. The van der Waals surface area contributed by atoms with Crippen LogP contribution < -0.4 is 0 Å². The zero-order valence-corrected chi connectivity index (χ0v) is 13.3. The van der Waals surface area contributed by atoms with Gasteiger partial charge in [0.05, 0.1) is 12.9 Å². The summed E-state index contributed by atoms with van der Waals surface area (Å²) in [6.45, 7) is 6.67. The van der Waals surface area contributed by atoms with Crippen molar-refractivity contribution in [2.24, 2.45) is 0 Å². The molecule has 0 amide bonds. The lowest BCUT2D eigenvalue weighted by Gasteiger charge is -2.03. The van der Waals surface area contributed by atoms with E-state index in [1.54, 1.807) is 6.26 Å². The number of hydrogen-bond donors (Lipinski definition) is 0. The van der Waals surface area contributed by atoms with Crippen LogP contribution in [0.25, 0.3) is 0 Å². The first kappa shape index (κ1) is 18.5. The van der Waals surface area contributed by atoms with Crippen LogP contribution in [0.15, 0.2) is 12.8 Å². The highest BCUT2D eigenvalue weighted by Crippen LogP contribution is 2.12. The lowest BCUT2D eigenvalue weighted by atomic mass is 10.0. The van der Waals surface area contributed by atoms with E-state index in [1.165, 1.54) is 89.9 Å². The minimum absolute atomic E-state index is 0.849. The molecule has 0 unspecified atom stereocenters. The van der Waals surface area contributed by atoms with Gasteiger partial charge in [-0.2, -0.15) is 0 Å². The predicted molar refractivity (Wildman–Crippen MR) is 86.5 cm³/mol. The van der Waals surface area contributed by atoms with Crippen LogP contribution in [0, 0.1) is 0 Å². The molecule has 114 valence electrons. The molecule has 0 aliphatic rings. The molecule has 0 bridgehead atoms. The second kappa shape index (κ2) is 17.5. The molecule has 0 saturated carbocycles. The second-order valence-corrected chi connectivity index (χ2v) is 5.63. The fourth-order valence-corrected chi connectivity index (χ4v) is 2.46. The molecule has 0 aromatic heterocycles. The quantitative estimate of drug-likeness (QED) is 0.225. The van der Waals surface area contributed by atoms with Crippen LogP contribution in [0.2, 0.25) is 0 Å². The standard InChI is InChI=1S/C18H36O/c1-3-5-6-7-8-9-10-11-12-13-14-15-16-17-18-19-4-2/h4H,2-3,5-18H2,1H3. The van der Waals surface area contributed by atoms with Crippen molar-refractivity contribution < 1.29 is 4.74 Å². The zero-order chi connectivity index (χ0) is 14.0. The Balaban J connectivity index is 2.89. The molecular formula is C18H36O. The minimum Gasteiger partial charge on any atom is -0.502 e. The van der Waals surface area contributed by atoms with Gasteiger partial charge in [-0.15, -0.1) is 0 Å². The molecule has 0 heterocycles. The lowest BCUT2D eigenvalue weighted by Crippen LogP contribution is -1.87. The van der Waals surface area contributed by atoms with Gasteiger partial charge in [-0.3, -0.25) is 0 Å². The Bertz CT molecular complexity index is 165. The largest absolute Gasteiger partial charge is 0.502 e. The fraction of sp³-hybridized carbons (Fsp3) is 0.889. The van der Waals surface area contributed by atoms with Gasteiger partial charge < -0.3 is 4.74 Å². The molecule has 0 rings (SSSR count). The Morgan fingerprint density at radius 2 is 1.00 bits per heavy atom. The monoisotopic (exact) mass is 268 g/mol. The average molecular weight is 268 g/mol. The van der Waals surface area contributed by atoms with E-state index in [-0.39, 0.29) is 0 Å². The van der Waals surface area contributed by atoms with Crippen molar-refractivity contribution in [1.29, 1.82) is 0 Å². The molecule has 0 aliphatic heterocycles. The summed E-state index contributed by atoms with van der Waals surface area (Å²) < 4.78 is 5.10. The van der Waals surface area contributed by atoms with Crippen LogP contribution in [0.5, 0.6) is 0 Å². The van der Waals surface area contributed by atoms with Gasteiger partial charge >= 0.3 is 0 Å². The van der Waals surface area contributed by atoms with Gasteiger partial charge in [-0.25, -0.2) is 0 Å². The van der Waals surface area contributed by atoms with Crippen LogP contribution in [0.4, 0.5) is 0 Å². The molecule has 1 heteroatoms. The fourth-order valence-electron chi connectivity index (χ4n) is 2.46. The Hall–Kier alpha value is -0.460. The van der Waals surface area contributed by atoms with E-state index in [0.29, 0.717) is 0 Å². The highest BCUT2D eigenvalue weighted by molar-refractivity contribution is 4.51. The molecule has 0 aliphatic carbocycles. The zero-order valence-electron chi connectivity index (χ0n) is 13.3. The summed E-state index contributed by atoms with van der Waals surface area (Å²) in [5.41, 5.74) is 0. The van der Waals surface area contributed by atoms with E-state index < -0.39 is 0 Å². The van der Waals surface area contributed by atoms with Gasteiger partial charge in [0.25, 0.3) is 0 Å². The summed E-state index contributed by atoms with van der Waals surface area (Å²) >= 11 is 0. The molecule has 0 radical (unpaired) electrons. The van der Waals surface area contributed by atoms with Crippen LogP contribution in [0.1, 0.15) is 96.8 Å². The number of hydrogen-bond acceptors (Lipinski definition) is 1. The summed E-state index contributed by atoms with van der Waals surface area (Å²) in [4.78, 5) is 0. The first-order chi connectivity index (χ1) is 9.41. The van der Waals surface area contributed by atoms with Crippen molar-refractivity contribution in [2.45, 2.75) is 96.8 Å². The van der Waals surface area contributed by atoms with Crippen molar-refractivity contribution in [3.05, 3.63) is 12.8 Å². The lowest BCUT2D eigenvalue weighted by molar-refractivity contribution is 0.241. The Morgan fingerprint density at radius 1 is 0.632 bits per heavy atom. The maximum absolute atomic E-state index is 5.10. The van der Waals surface area contributed by atoms with E-state index in [0.717, 1.165) is 6.61 Å². The number of ether oxygens (including phenoxy) is 1. The number of unbranched alkanes of at least 4 members (excludes halogenated alkanes) is 13. The third-order valence-electron chi connectivity index (χ3n) is 3.73. The average Bonchev–Trinajstić information content (AvgIpc) is 2.43. The van der Waals surface area contributed by atoms with Gasteiger partial charge in [-0.05, 0) is 6.42 Å². The summed E-state index contributed by atoms with van der Waals surface area (Å²) in [5.74, 6) is 0. The molecule has 19 heavy (non-hydrogen) atoms. The minimum atomic E-state index is 0.849. The maximum atomic E-state index is 5.10. The maximum Gasteiger partial charge on any atom is 0.0873 e. The van der Waals surface area contributed by atoms with Gasteiger partial charge in [0.2, 0.25) is 0 Å². The molecule has 0 spiro atoms. The SMILES string of the molecule is C=COCCCCCCCCCCCCCCCC. The van der Waals surface area contributed by atoms with Crippen LogP contribution in [-0.4, -0.2) is 6.61 Å². The smallest absolute Gasteiger partial charge is 0.0873 e. The topological polar surface area (TPSA) is 9.23 Å². The highest BCUT2D eigenvalue weighted by Gasteiger charge is 1.93. The van der Waals surface area contributed by atoms with Gasteiger partial charge in [0.15, 0.2) is 0 Å². The molecule has 0 atom stereocenters. The van der Waals surface area contributed by atoms with Crippen LogP contribution >= 0.6 is 0 Å². The molecule has 0 aromatic rings. The van der Waals surface area contributed by atoms with Crippen molar-refractivity contribution in [3.63, 3.8) is 0 Å². The Morgan fingerprint density at radius 3 is 1.37 bits per heavy atom. The van der Waals surface area contributed by atoms with Gasteiger partial charge in [0.1, 0.15) is 0 Å². The molecular weight excluding hydrogens is 232 g/mol. The number of rotatable bonds is 16. The summed E-state index contributed by atoms with van der Waals surface area (Å²) in [6.07, 6.45) is 21.2. The summed E-state index contributed by atoms with van der Waals surface area (Å²) in [6, 6.07) is 0. The van der Waals surface area contributed by atoms with Crippen molar-refractivity contribution in [3.8, 4) is 0 Å². The van der Waals surface area contributed by atoms with Gasteiger partial charge in [-0.1, -0.05) is 97.0 Å². The third-order valence-corrected chi connectivity index (χ3v) is 3.73. The van der Waals surface area contributed by atoms with Crippen molar-refractivity contribution >= 4 is 0 Å². The third kappa shape index (κ3) is 17.5. The molecule has 0 fully saturated rings. The first-order valence-electron chi connectivity index (χ1n) is 8.64. The van der Waals surface area contributed by atoms with Gasteiger partial charge in [0, 0.05) is 0 Å². The predicted octanol–water partition coefficient (Wildman–Crippen LogP) is 6.63. The molecule has 1 nitrogen and oxygen atoms in total. The molecule has 0 saturated heterocycles. The highest BCUT2D eigenvalue weighted by atomic mass is 16.5. The van der Waals surface area contributed by atoms with E-state index in [9.17, 15) is 0 Å². The second-order valence-electron chi connectivity index (χ2n) is 5.63. The van der Waals surface area contributed by atoms with E-state index >= 15 is 0 Å².